The molecule has 2 saturated heterocycles. The zero-order chi connectivity index (χ0) is 24.5. The lowest BCUT2D eigenvalue weighted by molar-refractivity contribution is 0.140. The predicted molar refractivity (Wildman–Crippen MR) is 136 cm³/mol. The first-order chi connectivity index (χ1) is 16.9. The Balaban J connectivity index is 0.00000304. The summed E-state index contributed by atoms with van der Waals surface area (Å²) < 4.78 is 28.7. The number of rotatable bonds is 6. The fraction of sp³-hybridized carbons (Fsp3) is 0.391. The highest BCUT2D eigenvalue weighted by Crippen LogP contribution is 2.21. The maximum Gasteiger partial charge on any atom is 0.257 e. The van der Waals surface area contributed by atoms with Gasteiger partial charge in [-0.25, -0.2) is 13.5 Å². The molecule has 0 bridgehead atoms. The first kappa shape index (κ1) is 25.7. The lowest BCUT2D eigenvalue weighted by Gasteiger charge is -2.35. The Bertz CT molecular complexity index is 1220. The fourth-order valence-corrected chi connectivity index (χ4v) is 4.25. The van der Waals surface area contributed by atoms with Crippen LogP contribution in [0.2, 0.25) is 0 Å². The third-order valence-electron chi connectivity index (χ3n) is 6.26. The number of aromatic nitrogens is 5. The first-order valence-electron chi connectivity index (χ1n) is 11.5. The zero-order valence-corrected chi connectivity index (χ0v) is 20.6. The van der Waals surface area contributed by atoms with Gasteiger partial charge < -0.3 is 20.6 Å². The van der Waals surface area contributed by atoms with Crippen LogP contribution in [0.1, 0.15) is 11.3 Å². The van der Waals surface area contributed by atoms with E-state index < -0.39 is 11.6 Å². The molecule has 2 aliphatic heterocycles. The third kappa shape index (κ3) is 5.55. The molecule has 0 unspecified atom stereocenters. The van der Waals surface area contributed by atoms with E-state index in [2.05, 4.69) is 31.0 Å². The number of nitrogens with two attached hydrogens (primary N) is 1. The number of piperazine rings is 1. The Morgan fingerprint density at radius 1 is 1.00 bits per heavy atom. The highest BCUT2D eigenvalue weighted by Gasteiger charge is 2.28. The van der Waals surface area contributed by atoms with Crippen LogP contribution in [-0.4, -0.2) is 86.7 Å². The van der Waals surface area contributed by atoms with E-state index in [0.29, 0.717) is 43.8 Å². The molecule has 1 aromatic carbocycles. The van der Waals surface area contributed by atoms with Crippen LogP contribution in [0.15, 0.2) is 30.5 Å². The van der Waals surface area contributed by atoms with E-state index in [1.54, 1.807) is 10.9 Å². The van der Waals surface area contributed by atoms with Gasteiger partial charge in [0.05, 0.1) is 18.0 Å². The van der Waals surface area contributed by atoms with E-state index in [0.717, 1.165) is 37.0 Å². The van der Waals surface area contributed by atoms with Crippen LogP contribution in [0.5, 0.6) is 0 Å². The van der Waals surface area contributed by atoms with Crippen molar-refractivity contribution in [2.75, 3.05) is 61.3 Å². The van der Waals surface area contributed by atoms with Crippen molar-refractivity contribution in [2.24, 2.45) is 0 Å². The Kier molecular flexibility index (Phi) is 7.67. The topological polar surface area (TPSA) is 112 Å². The number of halogens is 3. The highest BCUT2D eigenvalue weighted by atomic mass is 35.5. The molecule has 5 rings (SSSR count). The van der Waals surface area contributed by atoms with Gasteiger partial charge in [-0.2, -0.15) is 20.1 Å². The lowest BCUT2D eigenvalue weighted by atomic mass is 10.2. The van der Waals surface area contributed by atoms with Crippen molar-refractivity contribution < 1.29 is 13.9 Å². The molecule has 2 aromatic heterocycles. The molecule has 13 heteroatoms. The van der Waals surface area contributed by atoms with E-state index in [1.165, 1.54) is 12.1 Å². The lowest BCUT2D eigenvalue weighted by Crippen LogP contribution is -2.51. The van der Waals surface area contributed by atoms with Crippen molar-refractivity contribution in [3.63, 3.8) is 0 Å². The summed E-state index contributed by atoms with van der Waals surface area (Å²) in [4.78, 5) is 18.9. The summed E-state index contributed by atoms with van der Waals surface area (Å²) in [6.07, 6.45) is 5.44. The molecule has 0 saturated carbocycles. The van der Waals surface area contributed by atoms with Gasteiger partial charge in [0.15, 0.2) is 0 Å². The summed E-state index contributed by atoms with van der Waals surface area (Å²) in [7, 11) is 0. The van der Waals surface area contributed by atoms with Crippen molar-refractivity contribution >= 4 is 36.1 Å². The number of benzene rings is 1. The highest BCUT2D eigenvalue weighted by molar-refractivity contribution is 5.85. The van der Waals surface area contributed by atoms with E-state index in [9.17, 15) is 13.9 Å². The number of β-amino-alcohol motifs (C(OH)–C–C–N with tert-alkyl or cyclic N) is 1. The molecule has 2 aliphatic rings. The summed E-state index contributed by atoms with van der Waals surface area (Å²) in [5.41, 5.74) is 8.24. The number of anilines is 3. The summed E-state index contributed by atoms with van der Waals surface area (Å²) in [5.74, 6) is -0.271. The molecule has 2 fully saturated rings. The van der Waals surface area contributed by atoms with Gasteiger partial charge in [0.1, 0.15) is 11.6 Å². The van der Waals surface area contributed by atoms with Crippen LogP contribution in [0.25, 0.3) is 12.0 Å². The molecular formula is C23H28ClF2N9O. The standard InChI is InChI=1S/C23H27F2N9O.ClH/c1-15-16(12-27-34(15)23-29-21(26)28-22(30-23)33-13-20(35)14-33)3-2-4-31-5-7-32(8-6-31)19-10-17(24)9-18(25)11-19;/h2-3,9-12,20,35H,4-8,13-14H2,1H3,(H2,26,28,29,30);1H/b3-2+;. The van der Waals surface area contributed by atoms with Crippen molar-refractivity contribution in [1.29, 1.82) is 0 Å². The van der Waals surface area contributed by atoms with Gasteiger partial charge in [-0.05, 0) is 19.1 Å². The average molecular weight is 520 g/mol. The van der Waals surface area contributed by atoms with Crippen LogP contribution in [0.3, 0.4) is 0 Å². The predicted octanol–water partition coefficient (Wildman–Crippen LogP) is 1.66. The molecule has 10 nitrogen and oxygen atoms in total. The second kappa shape index (κ2) is 10.7. The molecule has 3 N–H and O–H groups in total. The van der Waals surface area contributed by atoms with E-state index in [4.69, 9.17) is 5.73 Å². The van der Waals surface area contributed by atoms with Crippen LogP contribution in [0.4, 0.5) is 26.4 Å². The fourth-order valence-electron chi connectivity index (χ4n) is 4.25. The quantitative estimate of drug-likeness (QED) is 0.502. The Labute approximate surface area is 213 Å². The van der Waals surface area contributed by atoms with Crippen molar-refractivity contribution in [3.05, 3.63) is 53.4 Å². The molecule has 36 heavy (non-hydrogen) atoms. The van der Waals surface area contributed by atoms with E-state index in [-0.39, 0.29) is 24.5 Å². The molecule has 0 atom stereocenters. The molecule has 0 aliphatic carbocycles. The van der Waals surface area contributed by atoms with Crippen molar-refractivity contribution in [3.8, 4) is 5.95 Å². The van der Waals surface area contributed by atoms with Crippen LogP contribution in [0, 0.1) is 18.6 Å². The summed E-state index contributed by atoms with van der Waals surface area (Å²) in [5, 5.41) is 14.0. The number of aliphatic hydroxyl groups excluding tert-OH is 1. The molecule has 0 radical (unpaired) electrons. The van der Waals surface area contributed by atoms with Crippen molar-refractivity contribution in [2.45, 2.75) is 13.0 Å². The number of nitrogens with zero attached hydrogens (tertiary/aromatic N) is 8. The summed E-state index contributed by atoms with van der Waals surface area (Å²) in [6.45, 7) is 6.57. The number of hydrogen-bond acceptors (Lipinski definition) is 9. The van der Waals surface area contributed by atoms with Gasteiger partial charge >= 0.3 is 0 Å². The number of nitrogen functional groups attached to an aromatic ring is 1. The average Bonchev–Trinajstić information content (AvgIpc) is 3.16. The smallest absolute Gasteiger partial charge is 0.257 e. The van der Waals surface area contributed by atoms with Gasteiger partial charge in [-0.15, -0.1) is 12.4 Å². The van der Waals surface area contributed by atoms with Crippen LogP contribution < -0.4 is 15.5 Å². The Morgan fingerprint density at radius 2 is 1.67 bits per heavy atom. The monoisotopic (exact) mass is 519 g/mol. The van der Waals surface area contributed by atoms with Crippen LogP contribution >= 0.6 is 12.4 Å². The Hall–Kier alpha value is -3.35. The molecule has 3 aromatic rings. The second-order valence-electron chi connectivity index (χ2n) is 8.77. The zero-order valence-electron chi connectivity index (χ0n) is 19.8. The molecule has 0 amide bonds. The number of hydrogen-bond donors (Lipinski definition) is 2. The summed E-state index contributed by atoms with van der Waals surface area (Å²) >= 11 is 0. The van der Waals surface area contributed by atoms with E-state index in [1.807, 2.05) is 22.8 Å². The minimum atomic E-state index is -0.559. The molecule has 4 heterocycles. The molecular weight excluding hydrogens is 492 g/mol. The minimum absolute atomic E-state index is 0. The normalized spacial score (nSPS) is 16.9. The van der Waals surface area contributed by atoms with Crippen LogP contribution in [-0.2, 0) is 0 Å². The largest absolute Gasteiger partial charge is 0.389 e. The molecule has 192 valence electrons. The SMILES string of the molecule is Cc1c(/C=C/CN2CCN(c3cc(F)cc(F)c3)CC2)cnn1-c1nc(N)nc(N2CC(O)C2)n1.Cl. The third-order valence-corrected chi connectivity index (χ3v) is 6.26. The van der Waals surface area contributed by atoms with Gasteiger partial charge in [-0.1, -0.05) is 12.2 Å². The first-order valence-corrected chi connectivity index (χ1v) is 11.5. The van der Waals surface area contributed by atoms with Gasteiger partial charge in [0.2, 0.25) is 11.9 Å². The minimum Gasteiger partial charge on any atom is -0.389 e. The van der Waals surface area contributed by atoms with E-state index >= 15 is 0 Å². The number of aliphatic hydroxyl groups is 1. The second-order valence-corrected chi connectivity index (χ2v) is 8.77. The maximum atomic E-state index is 13.5. The molecule has 0 spiro atoms. The van der Waals surface area contributed by atoms with Gasteiger partial charge in [0, 0.05) is 63.1 Å². The van der Waals surface area contributed by atoms with Crippen molar-refractivity contribution in [1.82, 2.24) is 29.6 Å². The maximum absolute atomic E-state index is 13.5. The van der Waals surface area contributed by atoms with Gasteiger partial charge in [0.25, 0.3) is 5.95 Å². The summed E-state index contributed by atoms with van der Waals surface area (Å²) in [6, 6.07) is 3.63. The Morgan fingerprint density at radius 3 is 2.33 bits per heavy atom. The van der Waals surface area contributed by atoms with Gasteiger partial charge in [-0.3, -0.25) is 4.90 Å².